The van der Waals surface area contributed by atoms with Gasteiger partial charge < -0.3 is 5.32 Å². The summed E-state index contributed by atoms with van der Waals surface area (Å²) in [5.41, 5.74) is 0. The molecular formula is C15H28N2. The van der Waals surface area contributed by atoms with Crippen molar-refractivity contribution >= 4 is 0 Å². The fourth-order valence-corrected chi connectivity index (χ4v) is 3.72. The van der Waals surface area contributed by atoms with Crippen LogP contribution in [0.15, 0.2) is 0 Å². The van der Waals surface area contributed by atoms with Gasteiger partial charge in [-0.25, -0.2) is 0 Å². The lowest BCUT2D eigenvalue weighted by atomic mass is 9.93. The van der Waals surface area contributed by atoms with Gasteiger partial charge in [-0.3, -0.25) is 4.90 Å². The lowest BCUT2D eigenvalue weighted by molar-refractivity contribution is 0.0392. The molecule has 0 amide bonds. The van der Waals surface area contributed by atoms with Crippen LogP contribution in [0, 0.1) is 17.8 Å². The van der Waals surface area contributed by atoms with Gasteiger partial charge in [-0.15, -0.1) is 0 Å². The summed E-state index contributed by atoms with van der Waals surface area (Å²) in [4.78, 5) is 2.90. The van der Waals surface area contributed by atoms with Gasteiger partial charge in [-0.2, -0.15) is 0 Å². The molecule has 1 saturated heterocycles. The van der Waals surface area contributed by atoms with E-state index in [1.165, 1.54) is 38.8 Å². The molecule has 0 aromatic carbocycles. The third kappa shape index (κ3) is 2.53. The summed E-state index contributed by atoms with van der Waals surface area (Å²) in [5.74, 6) is 2.89. The molecule has 2 saturated carbocycles. The van der Waals surface area contributed by atoms with E-state index in [1.807, 2.05) is 0 Å². The molecular weight excluding hydrogens is 208 g/mol. The molecule has 3 fully saturated rings. The summed E-state index contributed by atoms with van der Waals surface area (Å²) in [6, 6.07) is 2.40. The third-order valence-corrected chi connectivity index (χ3v) is 4.95. The first-order valence-electron chi connectivity index (χ1n) is 7.66. The van der Waals surface area contributed by atoms with E-state index in [4.69, 9.17) is 0 Å². The summed E-state index contributed by atoms with van der Waals surface area (Å²) < 4.78 is 0. The zero-order chi connectivity index (χ0) is 12.0. The Balaban J connectivity index is 1.75. The summed E-state index contributed by atoms with van der Waals surface area (Å²) >= 11 is 0. The first-order chi connectivity index (χ1) is 8.16. The first kappa shape index (κ1) is 12.0. The van der Waals surface area contributed by atoms with Crippen LogP contribution >= 0.6 is 0 Å². The predicted molar refractivity (Wildman–Crippen MR) is 72.0 cm³/mol. The third-order valence-electron chi connectivity index (χ3n) is 4.95. The van der Waals surface area contributed by atoms with Crippen molar-refractivity contribution in [3.63, 3.8) is 0 Å². The molecule has 2 heteroatoms. The minimum Gasteiger partial charge on any atom is -0.311 e. The Morgan fingerprint density at radius 2 is 1.65 bits per heavy atom. The van der Waals surface area contributed by atoms with E-state index in [0.717, 1.165) is 29.8 Å². The molecule has 0 aromatic heterocycles. The van der Waals surface area contributed by atoms with Gasteiger partial charge in [-0.05, 0) is 50.4 Å². The number of nitrogens with zero attached hydrogens (tertiary/aromatic N) is 1. The zero-order valence-electron chi connectivity index (χ0n) is 11.7. The average Bonchev–Trinajstić information content (AvgIpc) is 3.12. The highest BCUT2D eigenvalue weighted by atomic mass is 15.3. The molecule has 1 heterocycles. The van der Waals surface area contributed by atoms with E-state index in [2.05, 4.69) is 31.0 Å². The molecule has 2 nitrogen and oxygen atoms in total. The molecule has 3 aliphatic rings. The molecule has 1 N–H and O–H groups in total. The molecule has 98 valence electrons. The van der Waals surface area contributed by atoms with Crippen molar-refractivity contribution in [1.82, 2.24) is 10.2 Å². The van der Waals surface area contributed by atoms with Gasteiger partial charge in [0.2, 0.25) is 0 Å². The van der Waals surface area contributed by atoms with E-state index in [9.17, 15) is 0 Å². The van der Waals surface area contributed by atoms with Crippen molar-refractivity contribution in [3.05, 3.63) is 0 Å². The van der Waals surface area contributed by atoms with Crippen molar-refractivity contribution < 1.29 is 0 Å². The van der Waals surface area contributed by atoms with Gasteiger partial charge in [0.05, 0.1) is 0 Å². The largest absolute Gasteiger partial charge is 0.311 e. The maximum absolute atomic E-state index is 3.68. The molecule has 2 aliphatic carbocycles. The highest BCUT2D eigenvalue weighted by Crippen LogP contribution is 2.48. The number of hydrogen-bond donors (Lipinski definition) is 1. The van der Waals surface area contributed by atoms with Gasteiger partial charge in [0, 0.05) is 31.2 Å². The highest BCUT2D eigenvalue weighted by Gasteiger charge is 2.47. The molecule has 0 bridgehead atoms. The Labute approximate surface area is 106 Å². The van der Waals surface area contributed by atoms with Crippen LogP contribution in [0.2, 0.25) is 0 Å². The molecule has 17 heavy (non-hydrogen) atoms. The lowest BCUT2D eigenvalue weighted by Crippen LogP contribution is -2.61. The van der Waals surface area contributed by atoms with Gasteiger partial charge in [0.1, 0.15) is 0 Å². The summed E-state index contributed by atoms with van der Waals surface area (Å²) in [7, 11) is 0. The standard InChI is InChI=1S/C15H28N2/c1-10(2)14-8-16-11(3)9-17(14)15(12-4-5-12)13-6-7-13/h10-16H,4-9H2,1-3H3. The van der Waals surface area contributed by atoms with Crippen molar-refractivity contribution in [2.24, 2.45) is 17.8 Å². The Hall–Kier alpha value is -0.0800. The van der Waals surface area contributed by atoms with Gasteiger partial charge in [-0.1, -0.05) is 13.8 Å². The van der Waals surface area contributed by atoms with Crippen LogP contribution in [0.4, 0.5) is 0 Å². The van der Waals surface area contributed by atoms with E-state index in [-0.39, 0.29) is 0 Å². The van der Waals surface area contributed by atoms with Crippen molar-refractivity contribution in [2.45, 2.75) is 64.6 Å². The van der Waals surface area contributed by atoms with Crippen LogP contribution < -0.4 is 5.32 Å². The number of hydrogen-bond acceptors (Lipinski definition) is 2. The number of rotatable bonds is 4. The fourth-order valence-electron chi connectivity index (χ4n) is 3.72. The lowest BCUT2D eigenvalue weighted by Gasteiger charge is -2.46. The Bertz CT molecular complexity index is 256. The van der Waals surface area contributed by atoms with Crippen molar-refractivity contribution in [2.75, 3.05) is 13.1 Å². The summed E-state index contributed by atoms with van der Waals surface area (Å²) in [6.45, 7) is 9.62. The topological polar surface area (TPSA) is 15.3 Å². The fraction of sp³-hybridized carbons (Fsp3) is 1.00. The smallest absolute Gasteiger partial charge is 0.0247 e. The summed E-state index contributed by atoms with van der Waals surface area (Å²) in [5, 5.41) is 3.68. The molecule has 0 aromatic rings. The van der Waals surface area contributed by atoms with Gasteiger partial charge in [0.25, 0.3) is 0 Å². The SMILES string of the molecule is CC1CN(C(C2CC2)C2CC2)C(C(C)C)CN1. The second-order valence-corrected chi connectivity index (χ2v) is 6.98. The molecule has 2 unspecified atom stereocenters. The highest BCUT2D eigenvalue weighted by molar-refractivity contribution is 5.02. The molecule has 2 atom stereocenters. The monoisotopic (exact) mass is 236 g/mol. The second kappa shape index (κ2) is 4.55. The van der Waals surface area contributed by atoms with E-state index in [1.54, 1.807) is 0 Å². The Morgan fingerprint density at radius 3 is 2.12 bits per heavy atom. The van der Waals surface area contributed by atoms with Crippen LogP contribution in [0.1, 0.15) is 46.5 Å². The van der Waals surface area contributed by atoms with Gasteiger partial charge in [0.15, 0.2) is 0 Å². The van der Waals surface area contributed by atoms with Crippen LogP contribution in [0.5, 0.6) is 0 Å². The molecule has 3 rings (SSSR count). The van der Waals surface area contributed by atoms with Crippen LogP contribution in [0.3, 0.4) is 0 Å². The van der Waals surface area contributed by atoms with Crippen LogP contribution in [-0.2, 0) is 0 Å². The predicted octanol–water partition coefficient (Wildman–Crippen LogP) is 2.49. The minimum absolute atomic E-state index is 0.685. The Kier molecular flexibility index (Phi) is 3.20. The molecule has 1 aliphatic heterocycles. The zero-order valence-corrected chi connectivity index (χ0v) is 11.7. The van der Waals surface area contributed by atoms with Gasteiger partial charge >= 0.3 is 0 Å². The number of nitrogens with one attached hydrogen (secondary N) is 1. The van der Waals surface area contributed by atoms with E-state index in [0.29, 0.717) is 6.04 Å². The molecule has 0 radical (unpaired) electrons. The first-order valence-corrected chi connectivity index (χ1v) is 7.66. The van der Waals surface area contributed by atoms with Crippen molar-refractivity contribution in [1.29, 1.82) is 0 Å². The molecule has 0 spiro atoms. The quantitative estimate of drug-likeness (QED) is 0.807. The second-order valence-electron chi connectivity index (χ2n) is 6.98. The average molecular weight is 236 g/mol. The maximum Gasteiger partial charge on any atom is 0.0247 e. The van der Waals surface area contributed by atoms with E-state index < -0.39 is 0 Å². The van der Waals surface area contributed by atoms with Crippen LogP contribution in [0.25, 0.3) is 0 Å². The normalized spacial score (nSPS) is 35.8. The summed E-state index contributed by atoms with van der Waals surface area (Å²) in [6.07, 6.45) is 6.02. The Morgan fingerprint density at radius 1 is 1.06 bits per heavy atom. The van der Waals surface area contributed by atoms with Crippen molar-refractivity contribution in [3.8, 4) is 0 Å². The maximum atomic E-state index is 3.68. The van der Waals surface area contributed by atoms with Crippen LogP contribution in [-0.4, -0.2) is 36.1 Å². The van der Waals surface area contributed by atoms with E-state index >= 15 is 0 Å². The number of piperazine rings is 1. The minimum atomic E-state index is 0.685.